The van der Waals surface area contributed by atoms with Gasteiger partial charge >= 0.3 is 23.9 Å². The SMILES string of the molecule is C/C=C/S(=O)[C@@H]1O[C@H](COC(C)=O)[C@@H](OC(C)=O)[C@H](OC(C)=O)[C@H]1OC(C)=O. The fraction of sp³-hybridized carbons (Fsp3) is 0.647. The molecule has 0 aromatic heterocycles. The van der Waals surface area contributed by atoms with E-state index in [9.17, 15) is 23.4 Å². The molecule has 6 atom stereocenters. The molecule has 0 aromatic carbocycles. The summed E-state index contributed by atoms with van der Waals surface area (Å²) in [7, 11) is -1.80. The Labute approximate surface area is 164 Å². The average molecular weight is 420 g/mol. The van der Waals surface area contributed by atoms with Crippen LogP contribution in [0.25, 0.3) is 0 Å². The van der Waals surface area contributed by atoms with Gasteiger partial charge in [-0.15, -0.1) is 0 Å². The molecule has 0 N–H and O–H groups in total. The molecule has 28 heavy (non-hydrogen) atoms. The normalized spacial score (nSPS) is 28.2. The third kappa shape index (κ3) is 7.04. The first-order valence-corrected chi connectivity index (χ1v) is 9.67. The lowest BCUT2D eigenvalue weighted by Gasteiger charge is -2.43. The van der Waals surface area contributed by atoms with Crippen molar-refractivity contribution < 1.29 is 47.1 Å². The molecular formula is C17H24O10S. The Hall–Kier alpha value is -2.27. The quantitative estimate of drug-likeness (QED) is 0.420. The highest BCUT2D eigenvalue weighted by molar-refractivity contribution is 7.88. The molecule has 0 aromatic rings. The van der Waals surface area contributed by atoms with Crippen LogP contribution in [-0.4, -0.2) is 64.5 Å². The van der Waals surface area contributed by atoms with Crippen LogP contribution in [-0.2, 0) is 53.7 Å². The van der Waals surface area contributed by atoms with E-state index in [1.165, 1.54) is 18.4 Å². The molecule has 0 amide bonds. The summed E-state index contributed by atoms with van der Waals surface area (Å²) in [6.07, 6.45) is -3.51. The molecule has 1 saturated heterocycles. The van der Waals surface area contributed by atoms with Crippen molar-refractivity contribution in [3.05, 3.63) is 11.5 Å². The summed E-state index contributed by atoms with van der Waals surface area (Å²) in [5, 5.41) is 1.31. The Morgan fingerprint density at radius 1 is 0.857 bits per heavy atom. The number of hydrogen-bond acceptors (Lipinski definition) is 10. The maximum Gasteiger partial charge on any atom is 0.303 e. The zero-order valence-corrected chi connectivity index (χ0v) is 17.1. The first-order valence-electron chi connectivity index (χ1n) is 8.39. The van der Waals surface area contributed by atoms with Crippen molar-refractivity contribution in [1.29, 1.82) is 0 Å². The van der Waals surface area contributed by atoms with Crippen molar-refractivity contribution in [3.8, 4) is 0 Å². The van der Waals surface area contributed by atoms with Gasteiger partial charge in [-0.1, -0.05) is 6.08 Å². The fourth-order valence-corrected chi connectivity index (χ4v) is 3.74. The summed E-state index contributed by atoms with van der Waals surface area (Å²) in [6.45, 7) is 5.80. The van der Waals surface area contributed by atoms with Crippen LogP contribution < -0.4 is 0 Å². The summed E-state index contributed by atoms with van der Waals surface area (Å²) < 4.78 is 38.9. The van der Waals surface area contributed by atoms with E-state index in [1.807, 2.05) is 0 Å². The van der Waals surface area contributed by atoms with E-state index in [1.54, 1.807) is 6.92 Å². The van der Waals surface area contributed by atoms with Gasteiger partial charge in [-0.25, -0.2) is 0 Å². The van der Waals surface area contributed by atoms with Gasteiger partial charge < -0.3 is 23.7 Å². The predicted molar refractivity (Wildman–Crippen MR) is 94.9 cm³/mol. The number of carbonyl (C=O) groups is 4. The molecule has 0 spiro atoms. The van der Waals surface area contributed by atoms with E-state index in [4.69, 9.17) is 23.7 Å². The van der Waals surface area contributed by atoms with Gasteiger partial charge in [0.1, 0.15) is 12.7 Å². The highest BCUT2D eigenvalue weighted by Crippen LogP contribution is 2.31. The van der Waals surface area contributed by atoms with E-state index in [0.717, 1.165) is 20.8 Å². The van der Waals surface area contributed by atoms with Gasteiger partial charge in [0.2, 0.25) is 0 Å². The number of rotatable bonds is 7. The van der Waals surface area contributed by atoms with Crippen molar-refractivity contribution in [1.82, 2.24) is 0 Å². The average Bonchev–Trinajstić information content (AvgIpc) is 2.55. The van der Waals surface area contributed by atoms with Crippen molar-refractivity contribution in [2.45, 2.75) is 64.5 Å². The Morgan fingerprint density at radius 3 is 1.82 bits per heavy atom. The first kappa shape index (κ1) is 23.8. The molecule has 1 rings (SSSR count). The third-order valence-electron chi connectivity index (χ3n) is 3.45. The lowest BCUT2D eigenvalue weighted by atomic mass is 9.99. The van der Waals surface area contributed by atoms with Crippen LogP contribution in [0.4, 0.5) is 0 Å². The molecule has 1 aliphatic rings. The minimum absolute atomic E-state index is 0.360. The molecule has 1 fully saturated rings. The lowest BCUT2D eigenvalue weighted by Crippen LogP contribution is -2.63. The first-order chi connectivity index (χ1) is 13.1. The molecule has 0 radical (unpaired) electrons. The number of carbonyl (C=O) groups excluding carboxylic acids is 4. The Kier molecular flexibility index (Phi) is 9.26. The number of esters is 4. The van der Waals surface area contributed by atoms with E-state index in [2.05, 4.69) is 0 Å². The zero-order chi connectivity index (χ0) is 21.4. The highest BCUT2D eigenvalue weighted by atomic mass is 32.2. The van der Waals surface area contributed by atoms with Gasteiger partial charge in [0.15, 0.2) is 23.7 Å². The van der Waals surface area contributed by atoms with Crippen LogP contribution in [0.15, 0.2) is 11.5 Å². The van der Waals surface area contributed by atoms with E-state index < -0.39 is 64.5 Å². The van der Waals surface area contributed by atoms with E-state index >= 15 is 0 Å². The Balaban J connectivity index is 3.39. The molecule has 0 bridgehead atoms. The van der Waals surface area contributed by atoms with Crippen LogP contribution in [0.1, 0.15) is 34.6 Å². The van der Waals surface area contributed by atoms with Crippen molar-refractivity contribution >= 4 is 34.7 Å². The predicted octanol–water partition coefficient (Wildman–Crippen LogP) is 0.352. The van der Waals surface area contributed by atoms with Crippen molar-refractivity contribution in [3.63, 3.8) is 0 Å². The van der Waals surface area contributed by atoms with Crippen LogP contribution in [0.2, 0.25) is 0 Å². The lowest BCUT2D eigenvalue weighted by molar-refractivity contribution is -0.238. The summed E-state index contributed by atoms with van der Waals surface area (Å²) in [5.74, 6) is -2.84. The van der Waals surface area contributed by atoms with Gasteiger partial charge in [0.25, 0.3) is 0 Å². The fourth-order valence-electron chi connectivity index (χ4n) is 2.59. The second-order valence-corrected chi connectivity index (χ2v) is 7.26. The maximum atomic E-state index is 12.6. The highest BCUT2D eigenvalue weighted by Gasteiger charge is 2.53. The molecule has 1 aliphatic heterocycles. The van der Waals surface area contributed by atoms with Crippen LogP contribution in [0.5, 0.6) is 0 Å². The van der Waals surface area contributed by atoms with Gasteiger partial charge in [-0.2, -0.15) is 0 Å². The zero-order valence-electron chi connectivity index (χ0n) is 16.2. The van der Waals surface area contributed by atoms with Gasteiger partial charge in [0.05, 0.1) is 10.8 Å². The van der Waals surface area contributed by atoms with Crippen LogP contribution in [0, 0.1) is 0 Å². The molecule has 1 unspecified atom stereocenters. The van der Waals surface area contributed by atoms with E-state index in [0.29, 0.717) is 0 Å². The summed E-state index contributed by atoms with van der Waals surface area (Å²) in [5.41, 5.74) is -1.25. The second-order valence-electron chi connectivity index (χ2n) is 5.87. The minimum Gasteiger partial charge on any atom is -0.463 e. The summed E-state index contributed by atoms with van der Waals surface area (Å²) in [4.78, 5) is 46.0. The molecule has 158 valence electrons. The van der Waals surface area contributed by atoms with Crippen molar-refractivity contribution in [2.75, 3.05) is 6.61 Å². The van der Waals surface area contributed by atoms with E-state index in [-0.39, 0.29) is 6.61 Å². The number of ether oxygens (including phenoxy) is 5. The molecular weight excluding hydrogens is 396 g/mol. The standard InChI is InChI=1S/C17H24O10S/c1-6-7-28(22)17-16(26-12(5)21)15(25-11(4)20)14(24-10(3)19)13(27-17)8-23-9(2)18/h6-7,13-17H,8H2,1-5H3/b7-6+/t13-,14-,15+,16-,17+,28?/m1/s1. The van der Waals surface area contributed by atoms with Crippen LogP contribution >= 0.6 is 0 Å². The third-order valence-corrected chi connectivity index (χ3v) is 4.83. The number of hydrogen-bond donors (Lipinski definition) is 0. The van der Waals surface area contributed by atoms with Gasteiger partial charge in [-0.3, -0.25) is 23.4 Å². The Morgan fingerprint density at radius 2 is 1.36 bits per heavy atom. The second kappa shape index (κ2) is 10.9. The minimum atomic E-state index is -1.80. The Bertz CT molecular complexity index is 658. The molecule has 0 saturated carbocycles. The molecule has 10 nitrogen and oxygen atoms in total. The monoisotopic (exact) mass is 420 g/mol. The van der Waals surface area contributed by atoms with Gasteiger partial charge in [0, 0.05) is 33.1 Å². The smallest absolute Gasteiger partial charge is 0.303 e. The maximum absolute atomic E-state index is 12.6. The van der Waals surface area contributed by atoms with Crippen LogP contribution in [0.3, 0.4) is 0 Å². The largest absolute Gasteiger partial charge is 0.463 e. The van der Waals surface area contributed by atoms with Gasteiger partial charge in [-0.05, 0) is 6.92 Å². The van der Waals surface area contributed by atoms with Crippen molar-refractivity contribution in [2.24, 2.45) is 0 Å². The summed E-state index contributed by atoms with van der Waals surface area (Å²) in [6, 6.07) is 0. The number of allylic oxidation sites excluding steroid dienone is 1. The summed E-state index contributed by atoms with van der Waals surface area (Å²) >= 11 is 0. The molecule has 0 aliphatic carbocycles. The molecule has 11 heteroatoms. The molecule has 1 heterocycles. The topological polar surface area (TPSA) is 132 Å².